The summed E-state index contributed by atoms with van der Waals surface area (Å²) >= 11 is 0. The van der Waals surface area contributed by atoms with Gasteiger partial charge in [0.25, 0.3) is 0 Å². The summed E-state index contributed by atoms with van der Waals surface area (Å²) in [6.07, 6.45) is 0.993. The van der Waals surface area contributed by atoms with Gasteiger partial charge >= 0.3 is 0 Å². The first-order chi connectivity index (χ1) is 11.5. The van der Waals surface area contributed by atoms with E-state index in [4.69, 9.17) is 14.5 Å². The molecule has 0 spiro atoms. The Bertz CT molecular complexity index is 356. The van der Waals surface area contributed by atoms with Gasteiger partial charge in [0.1, 0.15) is 0 Å². The van der Waals surface area contributed by atoms with Gasteiger partial charge in [0.05, 0.1) is 19.8 Å². The molecule has 0 amide bonds. The first kappa shape index (κ1) is 24.9. The van der Waals surface area contributed by atoms with E-state index in [0.717, 1.165) is 65.0 Å². The molecule has 1 fully saturated rings. The van der Waals surface area contributed by atoms with Crippen LogP contribution >= 0.6 is 24.0 Å². The summed E-state index contributed by atoms with van der Waals surface area (Å²) in [7, 11) is 0. The minimum atomic E-state index is 0. The quantitative estimate of drug-likeness (QED) is 0.222. The largest absolute Gasteiger partial charge is 0.381 e. The van der Waals surface area contributed by atoms with Gasteiger partial charge in [-0.15, -0.1) is 24.0 Å². The summed E-state index contributed by atoms with van der Waals surface area (Å²) in [5, 5.41) is 6.71. The SMILES string of the molecule is CCNC(=NCC(C)N1CCOCC1C)NCCCOCC(C)C.I. The molecule has 2 unspecified atom stereocenters. The number of guanidine groups is 1. The minimum Gasteiger partial charge on any atom is -0.381 e. The van der Waals surface area contributed by atoms with Crippen molar-refractivity contribution in [1.29, 1.82) is 0 Å². The zero-order chi connectivity index (χ0) is 17.8. The number of hydrogen-bond donors (Lipinski definition) is 2. The van der Waals surface area contributed by atoms with Crippen LogP contribution in [0.15, 0.2) is 4.99 Å². The van der Waals surface area contributed by atoms with Crippen LogP contribution in [0.5, 0.6) is 0 Å². The zero-order valence-electron chi connectivity index (χ0n) is 16.7. The molecule has 2 atom stereocenters. The van der Waals surface area contributed by atoms with Crippen LogP contribution < -0.4 is 10.6 Å². The van der Waals surface area contributed by atoms with Crippen molar-refractivity contribution < 1.29 is 9.47 Å². The second-order valence-corrected chi connectivity index (χ2v) is 6.98. The molecule has 7 heteroatoms. The molecular weight excluding hydrogens is 431 g/mol. The zero-order valence-corrected chi connectivity index (χ0v) is 19.0. The molecule has 0 aromatic rings. The first-order valence-corrected chi connectivity index (χ1v) is 9.48. The highest BCUT2D eigenvalue weighted by Gasteiger charge is 2.23. The Hall–Kier alpha value is -0.120. The van der Waals surface area contributed by atoms with Gasteiger partial charge in [0.2, 0.25) is 0 Å². The Morgan fingerprint density at radius 3 is 2.72 bits per heavy atom. The van der Waals surface area contributed by atoms with Crippen LogP contribution in [-0.2, 0) is 9.47 Å². The lowest BCUT2D eigenvalue weighted by atomic mass is 10.2. The van der Waals surface area contributed by atoms with Crippen molar-refractivity contribution in [3.8, 4) is 0 Å². The molecule has 1 rings (SSSR count). The Balaban J connectivity index is 0.00000576. The first-order valence-electron chi connectivity index (χ1n) is 9.48. The molecule has 2 N–H and O–H groups in total. The van der Waals surface area contributed by atoms with Gasteiger partial charge < -0.3 is 20.1 Å². The van der Waals surface area contributed by atoms with Crippen molar-refractivity contribution in [3.05, 3.63) is 0 Å². The molecule has 0 aromatic heterocycles. The maximum Gasteiger partial charge on any atom is 0.191 e. The summed E-state index contributed by atoms with van der Waals surface area (Å²) in [6.45, 7) is 17.7. The van der Waals surface area contributed by atoms with E-state index < -0.39 is 0 Å². The number of rotatable bonds is 10. The summed E-state index contributed by atoms with van der Waals surface area (Å²) in [5.41, 5.74) is 0. The van der Waals surface area contributed by atoms with Crippen molar-refractivity contribution in [2.24, 2.45) is 10.9 Å². The molecule has 25 heavy (non-hydrogen) atoms. The topological polar surface area (TPSA) is 58.1 Å². The maximum atomic E-state index is 5.61. The predicted octanol–water partition coefficient (Wildman–Crippen LogP) is 2.33. The molecule has 1 saturated heterocycles. The number of hydrogen-bond acceptors (Lipinski definition) is 4. The Labute approximate surface area is 171 Å². The van der Waals surface area contributed by atoms with E-state index in [1.54, 1.807) is 0 Å². The van der Waals surface area contributed by atoms with Crippen LogP contribution in [0.4, 0.5) is 0 Å². The fourth-order valence-corrected chi connectivity index (χ4v) is 2.76. The fraction of sp³-hybridized carbons (Fsp3) is 0.944. The molecule has 0 saturated carbocycles. The number of ether oxygens (including phenoxy) is 2. The molecule has 0 bridgehead atoms. The summed E-state index contributed by atoms with van der Waals surface area (Å²) in [6, 6.07) is 0.895. The van der Waals surface area contributed by atoms with Gasteiger partial charge in [-0.2, -0.15) is 0 Å². The maximum absolute atomic E-state index is 5.61. The van der Waals surface area contributed by atoms with Gasteiger partial charge in [-0.1, -0.05) is 13.8 Å². The lowest BCUT2D eigenvalue weighted by molar-refractivity contribution is -0.0165. The second-order valence-electron chi connectivity index (χ2n) is 6.98. The molecule has 1 heterocycles. The number of aliphatic imine (C=N–C) groups is 1. The van der Waals surface area contributed by atoms with Crippen molar-refractivity contribution in [1.82, 2.24) is 15.5 Å². The minimum absolute atomic E-state index is 0. The Kier molecular flexibility index (Phi) is 14.9. The summed E-state index contributed by atoms with van der Waals surface area (Å²) in [4.78, 5) is 7.22. The number of nitrogens with zero attached hydrogens (tertiary/aromatic N) is 2. The van der Waals surface area contributed by atoms with Crippen molar-refractivity contribution in [2.45, 2.75) is 53.1 Å². The molecule has 0 radical (unpaired) electrons. The van der Waals surface area contributed by atoms with E-state index in [1.807, 2.05) is 0 Å². The number of halogens is 1. The molecule has 6 nitrogen and oxygen atoms in total. The van der Waals surface area contributed by atoms with Crippen LogP contribution in [0.2, 0.25) is 0 Å². The highest BCUT2D eigenvalue weighted by Crippen LogP contribution is 2.10. The van der Waals surface area contributed by atoms with Gasteiger partial charge in [0, 0.05) is 44.9 Å². The van der Waals surface area contributed by atoms with Crippen LogP contribution in [0, 0.1) is 5.92 Å². The number of nitrogens with one attached hydrogen (secondary N) is 2. The normalized spacial score (nSPS) is 20.2. The van der Waals surface area contributed by atoms with E-state index >= 15 is 0 Å². The predicted molar refractivity (Wildman–Crippen MR) is 116 cm³/mol. The smallest absolute Gasteiger partial charge is 0.191 e. The van der Waals surface area contributed by atoms with Crippen LogP contribution in [0.1, 0.15) is 41.0 Å². The van der Waals surface area contributed by atoms with E-state index in [9.17, 15) is 0 Å². The highest BCUT2D eigenvalue weighted by molar-refractivity contribution is 14.0. The molecule has 1 aliphatic rings. The van der Waals surface area contributed by atoms with Crippen molar-refractivity contribution in [3.63, 3.8) is 0 Å². The van der Waals surface area contributed by atoms with Crippen molar-refractivity contribution >= 4 is 29.9 Å². The fourth-order valence-electron chi connectivity index (χ4n) is 2.76. The van der Waals surface area contributed by atoms with Crippen molar-refractivity contribution in [2.75, 3.05) is 52.6 Å². The van der Waals surface area contributed by atoms with Gasteiger partial charge in [-0.05, 0) is 33.1 Å². The van der Waals surface area contributed by atoms with Gasteiger partial charge in [-0.25, -0.2) is 0 Å². The third-order valence-corrected chi connectivity index (χ3v) is 4.05. The third kappa shape index (κ3) is 11.2. The van der Waals surface area contributed by atoms with E-state index in [-0.39, 0.29) is 24.0 Å². The average Bonchev–Trinajstić information content (AvgIpc) is 2.55. The molecule has 1 aliphatic heterocycles. The molecular formula is C18H39IN4O2. The molecule has 0 aliphatic carbocycles. The van der Waals surface area contributed by atoms with E-state index in [0.29, 0.717) is 18.0 Å². The van der Waals surface area contributed by atoms with Crippen LogP contribution in [-0.4, -0.2) is 75.5 Å². The number of morpholine rings is 1. The molecule has 150 valence electrons. The summed E-state index contributed by atoms with van der Waals surface area (Å²) < 4.78 is 11.1. The van der Waals surface area contributed by atoms with Gasteiger partial charge in [-0.3, -0.25) is 9.89 Å². The van der Waals surface area contributed by atoms with Crippen LogP contribution in [0.3, 0.4) is 0 Å². The highest BCUT2D eigenvalue weighted by atomic mass is 127. The lowest BCUT2D eigenvalue weighted by Crippen LogP contribution is -2.49. The monoisotopic (exact) mass is 470 g/mol. The van der Waals surface area contributed by atoms with E-state index in [2.05, 4.69) is 50.2 Å². The van der Waals surface area contributed by atoms with E-state index in [1.165, 1.54) is 0 Å². The van der Waals surface area contributed by atoms with Crippen LogP contribution in [0.25, 0.3) is 0 Å². The third-order valence-electron chi connectivity index (χ3n) is 4.05. The average molecular weight is 470 g/mol. The second kappa shape index (κ2) is 15.0. The Morgan fingerprint density at radius 1 is 1.32 bits per heavy atom. The molecule has 0 aromatic carbocycles. The summed E-state index contributed by atoms with van der Waals surface area (Å²) in [5.74, 6) is 1.50. The standard InChI is InChI=1S/C18H38N4O2.HI/c1-6-19-18(20-8-7-10-23-13-15(2)3)21-12-16(4)22-9-11-24-14-17(22)5;/h15-17H,6-14H2,1-5H3,(H2,19,20,21);1H. The lowest BCUT2D eigenvalue weighted by Gasteiger charge is -2.37. The Morgan fingerprint density at radius 2 is 2.08 bits per heavy atom. The van der Waals surface area contributed by atoms with Gasteiger partial charge in [0.15, 0.2) is 5.96 Å².